The molecule has 0 aliphatic heterocycles. The topological polar surface area (TPSA) is 72.5 Å². The first-order valence-corrected chi connectivity index (χ1v) is 13.1. The average molecular weight is 544 g/mol. The van der Waals surface area contributed by atoms with Gasteiger partial charge in [-0.05, 0) is 99.2 Å². The number of hydrogen-bond acceptors (Lipinski definition) is 5. The Hall–Kier alpha value is -4.03. The van der Waals surface area contributed by atoms with Crippen LogP contribution in [0, 0.1) is 0 Å². The van der Waals surface area contributed by atoms with Crippen LogP contribution in [0.5, 0.6) is 11.5 Å². The molecular formula is C32H34ClN3O3. The Morgan fingerprint density at radius 1 is 1.00 bits per heavy atom. The summed E-state index contributed by atoms with van der Waals surface area (Å²) in [7, 11) is 1.68. The molecule has 0 spiro atoms. The minimum atomic E-state index is -0.197. The van der Waals surface area contributed by atoms with Gasteiger partial charge in [-0.2, -0.15) is 0 Å². The summed E-state index contributed by atoms with van der Waals surface area (Å²) in [6.45, 7) is 3.99. The lowest BCUT2D eigenvalue weighted by atomic mass is 9.92. The fraction of sp³-hybridized carbons (Fsp3) is 0.250. The molecule has 0 bridgehead atoms. The van der Waals surface area contributed by atoms with Crippen LogP contribution in [0.3, 0.4) is 0 Å². The van der Waals surface area contributed by atoms with Gasteiger partial charge in [0.2, 0.25) is 5.91 Å². The van der Waals surface area contributed by atoms with Crippen LogP contribution in [-0.2, 0) is 17.6 Å². The van der Waals surface area contributed by atoms with E-state index in [1.54, 1.807) is 19.3 Å². The number of pyridine rings is 1. The number of amides is 1. The van der Waals surface area contributed by atoms with Crippen LogP contribution < -0.4 is 20.1 Å². The van der Waals surface area contributed by atoms with Crippen LogP contribution >= 0.6 is 12.4 Å². The monoisotopic (exact) mass is 543 g/mol. The number of carbonyl (C=O) groups excluding carboxylic acids is 1. The summed E-state index contributed by atoms with van der Waals surface area (Å²) >= 11 is 0. The molecule has 5 rings (SSSR count). The van der Waals surface area contributed by atoms with Gasteiger partial charge in [0.05, 0.1) is 30.1 Å². The molecule has 6 nitrogen and oxygen atoms in total. The van der Waals surface area contributed by atoms with Crippen molar-refractivity contribution in [3.05, 3.63) is 89.6 Å². The van der Waals surface area contributed by atoms with Gasteiger partial charge in [-0.1, -0.05) is 24.3 Å². The molecule has 1 amide bonds. The van der Waals surface area contributed by atoms with Crippen LogP contribution in [0.1, 0.15) is 43.5 Å². The number of aryl methyl sites for hydroxylation is 1. The fourth-order valence-electron chi connectivity index (χ4n) is 4.81. The maximum atomic E-state index is 12.8. The van der Waals surface area contributed by atoms with Gasteiger partial charge >= 0.3 is 0 Å². The Bertz CT molecular complexity index is 1480. The summed E-state index contributed by atoms with van der Waals surface area (Å²) in [5, 5.41) is 7.61. The zero-order valence-electron chi connectivity index (χ0n) is 22.5. The first-order valence-electron chi connectivity index (χ1n) is 13.1. The first kappa shape index (κ1) is 28.0. The third kappa shape index (κ3) is 6.70. The standard InChI is InChI=1S/C32H33N3O3.ClH/c1-21(2)38-24-16-12-22(13-17-24)14-19-31(36)33-23-15-18-28-26(20-23)32(25-8-4-5-9-27(25)34-28)35-29-10-6-7-11-30(29)37-3;/h6-7,10-21H,4-5,8-9H2,1-3H3,(H,33,36)(H,34,35);1H. The van der Waals surface area contributed by atoms with Crippen LogP contribution in [0.4, 0.5) is 17.1 Å². The van der Waals surface area contributed by atoms with E-state index >= 15 is 0 Å². The molecule has 1 aliphatic carbocycles. The highest BCUT2D eigenvalue weighted by Gasteiger charge is 2.19. The van der Waals surface area contributed by atoms with Gasteiger partial charge in [0.15, 0.2) is 0 Å². The number of carbonyl (C=O) groups is 1. The van der Waals surface area contributed by atoms with E-state index in [4.69, 9.17) is 14.5 Å². The van der Waals surface area contributed by atoms with Gasteiger partial charge in [-0.3, -0.25) is 9.78 Å². The largest absolute Gasteiger partial charge is 0.495 e. The predicted molar refractivity (Wildman–Crippen MR) is 162 cm³/mol. The van der Waals surface area contributed by atoms with Gasteiger partial charge in [0, 0.05) is 22.8 Å². The molecule has 39 heavy (non-hydrogen) atoms. The van der Waals surface area contributed by atoms with E-state index in [2.05, 4.69) is 10.6 Å². The number of para-hydroxylation sites is 2. The van der Waals surface area contributed by atoms with Gasteiger partial charge < -0.3 is 20.1 Å². The van der Waals surface area contributed by atoms with E-state index in [9.17, 15) is 4.79 Å². The molecule has 1 aromatic heterocycles. The SMILES string of the molecule is COc1ccccc1Nc1c2c(nc3ccc(NC(=O)C=Cc4ccc(OC(C)C)cc4)cc13)CCCC2.Cl. The molecule has 0 radical (unpaired) electrons. The van der Waals surface area contributed by atoms with Gasteiger partial charge in [0.1, 0.15) is 11.5 Å². The van der Waals surface area contributed by atoms with Crippen molar-refractivity contribution in [2.24, 2.45) is 0 Å². The number of aromatic nitrogens is 1. The van der Waals surface area contributed by atoms with Crippen molar-refractivity contribution < 1.29 is 14.3 Å². The lowest BCUT2D eigenvalue weighted by Gasteiger charge is -2.22. The summed E-state index contributed by atoms with van der Waals surface area (Å²) in [6, 6.07) is 21.5. The highest BCUT2D eigenvalue weighted by atomic mass is 35.5. The summed E-state index contributed by atoms with van der Waals surface area (Å²) in [6.07, 6.45) is 7.68. The lowest BCUT2D eigenvalue weighted by Crippen LogP contribution is -2.11. The summed E-state index contributed by atoms with van der Waals surface area (Å²) in [5.41, 5.74) is 6.86. The van der Waals surface area contributed by atoms with Crippen molar-refractivity contribution in [1.82, 2.24) is 4.98 Å². The van der Waals surface area contributed by atoms with E-state index in [1.165, 1.54) is 5.56 Å². The first-order chi connectivity index (χ1) is 18.5. The Morgan fingerprint density at radius 3 is 2.54 bits per heavy atom. The second-order valence-electron chi connectivity index (χ2n) is 9.73. The second kappa shape index (κ2) is 12.7. The Balaban J connectivity index is 0.00000353. The normalized spacial score (nSPS) is 12.6. The zero-order chi connectivity index (χ0) is 26.5. The molecule has 7 heteroatoms. The summed E-state index contributed by atoms with van der Waals surface area (Å²) < 4.78 is 11.3. The minimum absolute atomic E-state index is 0. The highest BCUT2D eigenvalue weighted by Crippen LogP contribution is 2.38. The molecule has 4 aromatic rings. The van der Waals surface area contributed by atoms with Gasteiger partial charge in [-0.25, -0.2) is 0 Å². The van der Waals surface area contributed by atoms with E-state index in [0.717, 1.165) is 70.7 Å². The molecule has 0 saturated heterocycles. The van der Waals surface area contributed by atoms with Gasteiger partial charge in [-0.15, -0.1) is 12.4 Å². The molecular weight excluding hydrogens is 510 g/mol. The Kier molecular flexibility index (Phi) is 9.10. The molecule has 0 fully saturated rings. The van der Waals surface area contributed by atoms with Crippen molar-refractivity contribution in [3.63, 3.8) is 0 Å². The fourth-order valence-corrected chi connectivity index (χ4v) is 4.81. The number of anilines is 3. The third-order valence-corrected chi connectivity index (χ3v) is 6.58. The molecule has 1 heterocycles. The molecule has 2 N–H and O–H groups in total. The number of benzene rings is 3. The molecule has 202 valence electrons. The van der Waals surface area contributed by atoms with E-state index in [0.29, 0.717) is 5.69 Å². The number of fused-ring (bicyclic) bond motifs is 2. The number of nitrogens with one attached hydrogen (secondary N) is 2. The second-order valence-corrected chi connectivity index (χ2v) is 9.73. The van der Waals surface area contributed by atoms with E-state index in [1.807, 2.05) is 80.6 Å². The number of ether oxygens (including phenoxy) is 2. The predicted octanol–water partition coefficient (Wildman–Crippen LogP) is 7.73. The quantitative estimate of drug-likeness (QED) is 0.222. The van der Waals surface area contributed by atoms with Crippen LogP contribution in [-0.4, -0.2) is 24.1 Å². The molecule has 0 saturated carbocycles. The molecule has 1 aliphatic rings. The van der Waals surface area contributed by atoms with E-state index in [-0.39, 0.29) is 24.4 Å². The van der Waals surface area contributed by atoms with Crippen LogP contribution in [0.2, 0.25) is 0 Å². The highest BCUT2D eigenvalue weighted by molar-refractivity contribution is 6.04. The van der Waals surface area contributed by atoms with Crippen LogP contribution in [0.25, 0.3) is 17.0 Å². The summed E-state index contributed by atoms with van der Waals surface area (Å²) in [5.74, 6) is 1.39. The van der Waals surface area contributed by atoms with Crippen LogP contribution in [0.15, 0.2) is 72.8 Å². The third-order valence-electron chi connectivity index (χ3n) is 6.58. The smallest absolute Gasteiger partial charge is 0.248 e. The van der Waals surface area contributed by atoms with Crippen molar-refractivity contribution in [1.29, 1.82) is 0 Å². The maximum Gasteiger partial charge on any atom is 0.248 e. The number of hydrogen-bond donors (Lipinski definition) is 2. The minimum Gasteiger partial charge on any atom is -0.495 e. The number of halogens is 1. The van der Waals surface area contributed by atoms with Crippen molar-refractivity contribution >= 4 is 52.4 Å². The Labute approximate surface area is 235 Å². The average Bonchev–Trinajstić information content (AvgIpc) is 2.93. The van der Waals surface area contributed by atoms with Gasteiger partial charge in [0.25, 0.3) is 0 Å². The van der Waals surface area contributed by atoms with Crippen molar-refractivity contribution in [2.75, 3.05) is 17.7 Å². The summed E-state index contributed by atoms with van der Waals surface area (Å²) in [4.78, 5) is 17.7. The number of methoxy groups -OCH3 is 1. The van der Waals surface area contributed by atoms with Crippen molar-refractivity contribution in [2.45, 2.75) is 45.6 Å². The van der Waals surface area contributed by atoms with E-state index < -0.39 is 0 Å². The van der Waals surface area contributed by atoms with Crippen molar-refractivity contribution in [3.8, 4) is 11.5 Å². The number of rotatable bonds is 8. The lowest BCUT2D eigenvalue weighted by molar-refractivity contribution is -0.111. The molecule has 0 atom stereocenters. The molecule has 0 unspecified atom stereocenters. The Morgan fingerprint density at radius 2 is 1.77 bits per heavy atom. The number of nitrogens with zero attached hydrogens (tertiary/aromatic N) is 1. The molecule has 3 aromatic carbocycles. The maximum absolute atomic E-state index is 12.8. The zero-order valence-corrected chi connectivity index (χ0v) is 23.3.